The van der Waals surface area contributed by atoms with E-state index in [1.807, 2.05) is 36.4 Å². The van der Waals surface area contributed by atoms with Gasteiger partial charge in [-0.3, -0.25) is 9.78 Å². The largest absolute Gasteiger partial charge is 0.392 e. The molecule has 3 aromatic rings. The number of fused-ring (bicyclic) bond motifs is 1. The highest BCUT2D eigenvalue weighted by atomic mass is 16.3. The van der Waals surface area contributed by atoms with Crippen LogP contribution in [0.15, 0.2) is 54.7 Å². The molecule has 3 rings (SSSR count). The van der Waals surface area contributed by atoms with Gasteiger partial charge in [-0.1, -0.05) is 42.5 Å². The predicted molar refractivity (Wildman–Crippen MR) is 98.0 cm³/mol. The zero-order valence-electron chi connectivity index (χ0n) is 13.6. The summed E-state index contributed by atoms with van der Waals surface area (Å²) in [5.41, 5.74) is 14.6. The molecule has 1 heterocycles. The Bertz CT molecular complexity index is 897. The smallest absolute Gasteiger partial charge is 0.250 e. The SMILES string of the molecule is NCC(Nc1c(CO)cnc2c(C(N)=O)cccc12)c1ccccc1. The number of hydrogen-bond donors (Lipinski definition) is 4. The molecule has 6 heteroatoms. The first kappa shape index (κ1) is 16.9. The third-order valence-corrected chi connectivity index (χ3v) is 4.17. The van der Waals surface area contributed by atoms with E-state index >= 15 is 0 Å². The molecule has 2 aromatic carbocycles. The summed E-state index contributed by atoms with van der Waals surface area (Å²) in [6.45, 7) is 0.187. The Balaban J connectivity index is 2.13. The second kappa shape index (κ2) is 7.29. The summed E-state index contributed by atoms with van der Waals surface area (Å²) >= 11 is 0. The third-order valence-electron chi connectivity index (χ3n) is 4.17. The van der Waals surface area contributed by atoms with Crippen molar-refractivity contribution in [3.05, 3.63) is 71.4 Å². The van der Waals surface area contributed by atoms with Crippen LogP contribution in [-0.4, -0.2) is 22.5 Å². The lowest BCUT2D eigenvalue weighted by Crippen LogP contribution is -2.21. The molecule has 0 bridgehead atoms. The molecule has 1 aromatic heterocycles. The van der Waals surface area contributed by atoms with E-state index in [4.69, 9.17) is 11.5 Å². The minimum Gasteiger partial charge on any atom is -0.392 e. The fourth-order valence-electron chi connectivity index (χ4n) is 2.89. The molecular weight excluding hydrogens is 316 g/mol. The van der Waals surface area contributed by atoms with Crippen molar-refractivity contribution in [2.24, 2.45) is 11.5 Å². The molecule has 1 amide bonds. The van der Waals surface area contributed by atoms with Crippen molar-refractivity contribution >= 4 is 22.5 Å². The Labute approximate surface area is 145 Å². The Hall–Kier alpha value is -2.96. The number of nitrogens with one attached hydrogen (secondary N) is 1. The highest BCUT2D eigenvalue weighted by molar-refractivity contribution is 6.08. The van der Waals surface area contributed by atoms with Gasteiger partial charge in [0.2, 0.25) is 0 Å². The maximum absolute atomic E-state index is 11.7. The van der Waals surface area contributed by atoms with Gasteiger partial charge in [0.25, 0.3) is 5.91 Å². The van der Waals surface area contributed by atoms with E-state index in [-0.39, 0.29) is 12.6 Å². The van der Waals surface area contributed by atoms with Crippen LogP contribution in [0, 0.1) is 0 Å². The van der Waals surface area contributed by atoms with Gasteiger partial charge in [-0.15, -0.1) is 0 Å². The van der Waals surface area contributed by atoms with Crippen LogP contribution in [0.1, 0.15) is 27.5 Å². The van der Waals surface area contributed by atoms with Gasteiger partial charge in [0.1, 0.15) is 0 Å². The van der Waals surface area contributed by atoms with Crippen LogP contribution in [0.2, 0.25) is 0 Å². The van der Waals surface area contributed by atoms with Gasteiger partial charge in [0.05, 0.1) is 29.4 Å². The molecule has 0 aliphatic heterocycles. The van der Waals surface area contributed by atoms with Crippen LogP contribution in [0.4, 0.5) is 5.69 Å². The number of rotatable bonds is 6. The van der Waals surface area contributed by atoms with Gasteiger partial charge in [-0.25, -0.2) is 0 Å². The molecular formula is C19H20N4O2. The summed E-state index contributed by atoms with van der Waals surface area (Å²) in [5.74, 6) is -0.542. The number of pyridine rings is 1. The average molecular weight is 336 g/mol. The number of hydrogen-bond acceptors (Lipinski definition) is 5. The summed E-state index contributed by atoms with van der Waals surface area (Å²) in [7, 11) is 0. The molecule has 6 nitrogen and oxygen atoms in total. The molecule has 0 radical (unpaired) electrons. The lowest BCUT2D eigenvalue weighted by atomic mass is 10.0. The van der Waals surface area contributed by atoms with Crippen LogP contribution in [0.5, 0.6) is 0 Å². The first-order valence-corrected chi connectivity index (χ1v) is 7.98. The van der Waals surface area contributed by atoms with E-state index in [1.54, 1.807) is 18.3 Å². The van der Waals surface area contributed by atoms with Crippen molar-refractivity contribution in [3.63, 3.8) is 0 Å². The van der Waals surface area contributed by atoms with E-state index in [0.29, 0.717) is 28.9 Å². The number of carbonyl (C=O) groups excluding carboxylic acids is 1. The van der Waals surface area contributed by atoms with Crippen LogP contribution in [0.3, 0.4) is 0 Å². The van der Waals surface area contributed by atoms with Crippen molar-refractivity contribution in [2.45, 2.75) is 12.6 Å². The Morgan fingerprint density at radius 1 is 1.16 bits per heavy atom. The predicted octanol–water partition coefficient (Wildman–Crippen LogP) is 1.94. The molecule has 0 aliphatic carbocycles. The maximum Gasteiger partial charge on any atom is 0.250 e. The summed E-state index contributed by atoms with van der Waals surface area (Å²) in [4.78, 5) is 16.0. The molecule has 0 saturated carbocycles. The van der Waals surface area contributed by atoms with Gasteiger partial charge < -0.3 is 21.9 Å². The summed E-state index contributed by atoms with van der Waals surface area (Å²) in [5, 5.41) is 13.8. The van der Waals surface area contributed by atoms with E-state index < -0.39 is 5.91 Å². The Kier molecular flexibility index (Phi) is 4.92. The van der Waals surface area contributed by atoms with Crippen LogP contribution in [-0.2, 0) is 6.61 Å². The number of amides is 1. The van der Waals surface area contributed by atoms with E-state index in [0.717, 1.165) is 10.9 Å². The molecule has 0 saturated heterocycles. The number of aromatic nitrogens is 1. The quantitative estimate of drug-likeness (QED) is 0.549. The topological polar surface area (TPSA) is 114 Å². The fourth-order valence-corrected chi connectivity index (χ4v) is 2.89. The van der Waals surface area contributed by atoms with Gasteiger partial charge in [-0.05, 0) is 11.6 Å². The Morgan fingerprint density at radius 2 is 1.92 bits per heavy atom. The van der Waals surface area contributed by atoms with E-state index in [1.165, 1.54) is 0 Å². The number of anilines is 1. The highest BCUT2D eigenvalue weighted by Gasteiger charge is 2.17. The van der Waals surface area contributed by atoms with E-state index in [9.17, 15) is 9.90 Å². The van der Waals surface area contributed by atoms with Crippen molar-refractivity contribution in [2.75, 3.05) is 11.9 Å². The standard InChI is InChI=1S/C19H20N4O2/c20-9-16(12-5-2-1-3-6-12)23-17-13(11-24)10-22-18-14(17)7-4-8-15(18)19(21)25/h1-8,10,16,24H,9,11,20H2,(H2,21,25)(H,22,23). The number of nitrogens with zero attached hydrogens (tertiary/aromatic N) is 1. The van der Waals surface area contributed by atoms with E-state index in [2.05, 4.69) is 10.3 Å². The zero-order valence-corrected chi connectivity index (χ0v) is 13.6. The normalized spacial score (nSPS) is 12.1. The lowest BCUT2D eigenvalue weighted by molar-refractivity contribution is 0.100. The van der Waals surface area contributed by atoms with Crippen molar-refractivity contribution in [3.8, 4) is 0 Å². The van der Waals surface area contributed by atoms with Crippen LogP contribution >= 0.6 is 0 Å². The number of primary amides is 1. The average Bonchev–Trinajstić information content (AvgIpc) is 2.65. The second-order valence-corrected chi connectivity index (χ2v) is 5.73. The highest BCUT2D eigenvalue weighted by Crippen LogP contribution is 2.31. The van der Waals surface area contributed by atoms with Crippen LogP contribution < -0.4 is 16.8 Å². The zero-order chi connectivity index (χ0) is 17.8. The molecule has 6 N–H and O–H groups in total. The fraction of sp³-hybridized carbons (Fsp3) is 0.158. The number of aliphatic hydroxyl groups is 1. The molecule has 0 aliphatic rings. The van der Waals surface area contributed by atoms with Gasteiger partial charge in [-0.2, -0.15) is 0 Å². The lowest BCUT2D eigenvalue weighted by Gasteiger charge is -2.22. The summed E-state index contributed by atoms with van der Waals surface area (Å²) < 4.78 is 0. The number of aliphatic hydroxyl groups excluding tert-OH is 1. The van der Waals surface area contributed by atoms with Crippen LogP contribution in [0.25, 0.3) is 10.9 Å². The van der Waals surface area contributed by atoms with Crippen molar-refractivity contribution < 1.29 is 9.90 Å². The number of carbonyl (C=O) groups is 1. The Morgan fingerprint density at radius 3 is 2.56 bits per heavy atom. The molecule has 1 unspecified atom stereocenters. The first-order valence-electron chi connectivity index (χ1n) is 7.98. The third kappa shape index (κ3) is 3.31. The van der Waals surface area contributed by atoms with Crippen molar-refractivity contribution in [1.29, 1.82) is 0 Å². The van der Waals surface area contributed by atoms with Crippen molar-refractivity contribution in [1.82, 2.24) is 4.98 Å². The number of benzene rings is 2. The maximum atomic E-state index is 11.7. The number of para-hydroxylation sites is 1. The van der Waals surface area contributed by atoms with Gasteiger partial charge >= 0.3 is 0 Å². The van der Waals surface area contributed by atoms with Gasteiger partial charge in [0, 0.05) is 23.7 Å². The minimum atomic E-state index is -0.542. The minimum absolute atomic E-state index is 0.144. The molecule has 0 fully saturated rings. The monoisotopic (exact) mass is 336 g/mol. The summed E-state index contributed by atoms with van der Waals surface area (Å²) in [6, 6.07) is 14.9. The number of nitrogens with two attached hydrogens (primary N) is 2. The molecule has 25 heavy (non-hydrogen) atoms. The summed E-state index contributed by atoms with van der Waals surface area (Å²) in [6.07, 6.45) is 1.55. The van der Waals surface area contributed by atoms with Gasteiger partial charge in [0.15, 0.2) is 0 Å². The molecule has 1 atom stereocenters. The second-order valence-electron chi connectivity index (χ2n) is 5.73. The molecule has 128 valence electrons. The molecule has 0 spiro atoms. The first-order chi connectivity index (χ1) is 12.2.